The zero-order chi connectivity index (χ0) is 14.8. The van der Waals surface area contributed by atoms with Crippen LogP contribution in [0, 0.1) is 0 Å². The smallest absolute Gasteiger partial charge is 0.0454 e. The molecule has 0 saturated heterocycles. The summed E-state index contributed by atoms with van der Waals surface area (Å²) in [4.78, 5) is 0. The summed E-state index contributed by atoms with van der Waals surface area (Å²) in [7, 11) is 0. The van der Waals surface area contributed by atoms with E-state index in [1.165, 1.54) is 24.8 Å². The van der Waals surface area contributed by atoms with Gasteiger partial charge >= 0.3 is 0 Å². The van der Waals surface area contributed by atoms with Gasteiger partial charge in [-0.05, 0) is 56.0 Å². The Kier molecular flexibility index (Phi) is 9.24. The Labute approximate surface area is 136 Å². The van der Waals surface area contributed by atoms with E-state index in [2.05, 4.69) is 40.8 Å². The third kappa shape index (κ3) is 6.43. The molecule has 1 nitrogen and oxygen atoms in total. The van der Waals surface area contributed by atoms with Gasteiger partial charge in [-0.3, -0.25) is 0 Å². The minimum atomic E-state index is 0.351. The Balaban J connectivity index is 2.62. The Hall–Kier alpha value is -0.310. The third-order valence-corrected chi connectivity index (χ3v) is 4.21. The van der Waals surface area contributed by atoms with Gasteiger partial charge in [0, 0.05) is 15.5 Å². The molecule has 1 rings (SSSR count). The topological polar surface area (TPSA) is 12.0 Å². The molecular formula is C17H25BrClN. The normalized spacial score (nSPS) is 12.3. The number of unbranched alkanes of at least 4 members (excludes halogenated alkanes) is 3. The van der Waals surface area contributed by atoms with Crippen molar-refractivity contribution in [2.45, 2.75) is 51.5 Å². The first-order valence-corrected chi connectivity index (χ1v) is 8.65. The number of hydrogen-bond donors (Lipinski definition) is 1. The molecule has 0 saturated carbocycles. The van der Waals surface area contributed by atoms with Crippen molar-refractivity contribution in [1.29, 1.82) is 0 Å². The van der Waals surface area contributed by atoms with Crippen molar-refractivity contribution in [2.75, 3.05) is 6.54 Å². The Morgan fingerprint density at radius 2 is 2.15 bits per heavy atom. The van der Waals surface area contributed by atoms with Crippen molar-refractivity contribution in [3.63, 3.8) is 0 Å². The molecule has 0 fully saturated rings. The van der Waals surface area contributed by atoms with Gasteiger partial charge in [0.1, 0.15) is 0 Å². The molecular weight excluding hydrogens is 334 g/mol. The van der Waals surface area contributed by atoms with Crippen LogP contribution >= 0.6 is 27.5 Å². The van der Waals surface area contributed by atoms with Crippen molar-refractivity contribution in [1.82, 2.24) is 5.32 Å². The van der Waals surface area contributed by atoms with Crippen molar-refractivity contribution >= 4 is 27.5 Å². The minimum absolute atomic E-state index is 0.351. The fraction of sp³-hybridized carbons (Fsp3) is 0.529. The van der Waals surface area contributed by atoms with Gasteiger partial charge < -0.3 is 5.32 Å². The van der Waals surface area contributed by atoms with Gasteiger partial charge in [-0.25, -0.2) is 0 Å². The first-order valence-electron chi connectivity index (χ1n) is 7.48. The van der Waals surface area contributed by atoms with E-state index >= 15 is 0 Å². The fourth-order valence-corrected chi connectivity index (χ4v) is 2.91. The number of allylic oxidation sites excluding steroid dienone is 1. The largest absolute Gasteiger partial charge is 0.310 e. The van der Waals surface area contributed by atoms with E-state index in [0.717, 1.165) is 35.3 Å². The summed E-state index contributed by atoms with van der Waals surface area (Å²) in [6.45, 7) is 6.99. The lowest BCUT2D eigenvalue weighted by molar-refractivity contribution is 0.472. The Bertz CT molecular complexity index is 406. The molecule has 0 spiro atoms. The van der Waals surface area contributed by atoms with Crippen LogP contribution in [-0.4, -0.2) is 6.54 Å². The van der Waals surface area contributed by atoms with E-state index in [1.807, 2.05) is 18.2 Å². The van der Waals surface area contributed by atoms with Crippen molar-refractivity contribution in [3.05, 3.63) is 45.9 Å². The molecule has 1 aromatic rings. The third-order valence-electron chi connectivity index (χ3n) is 3.38. The number of halogens is 2. The molecule has 0 radical (unpaired) electrons. The standard InChI is InChI=1S/C17H25BrClN/c1-3-5-6-7-8-9-17(20-12-4-2)15-13-14(18)10-11-16(15)19/h3,10-11,13,17,20H,1,4-9,12H2,2H3. The second kappa shape index (κ2) is 10.4. The lowest BCUT2D eigenvalue weighted by atomic mass is 9.99. The molecule has 112 valence electrons. The highest BCUT2D eigenvalue weighted by Gasteiger charge is 2.14. The highest BCUT2D eigenvalue weighted by molar-refractivity contribution is 9.10. The number of nitrogens with one attached hydrogen (secondary N) is 1. The molecule has 0 amide bonds. The van der Waals surface area contributed by atoms with E-state index in [-0.39, 0.29) is 0 Å². The average Bonchev–Trinajstić information content (AvgIpc) is 2.45. The van der Waals surface area contributed by atoms with Gasteiger partial charge in [0.15, 0.2) is 0 Å². The SMILES string of the molecule is C=CCCCCCC(NCCC)c1cc(Br)ccc1Cl. The van der Waals surface area contributed by atoms with Crippen LogP contribution in [0.3, 0.4) is 0 Å². The molecule has 0 aliphatic heterocycles. The van der Waals surface area contributed by atoms with Gasteiger partial charge in [-0.15, -0.1) is 6.58 Å². The molecule has 1 aromatic carbocycles. The molecule has 1 unspecified atom stereocenters. The van der Waals surface area contributed by atoms with E-state index in [0.29, 0.717) is 6.04 Å². The maximum Gasteiger partial charge on any atom is 0.0454 e. The predicted molar refractivity (Wildman–Crippen MR) is 93.5 cm³/mol. The predicted octanol–water partition coefficient (Wildman–Crippen LogP) is 6.28. The first-order chi connectivity index (χ1) is 9.69. The molecule has 1 atom stereocenters. The number of benzene rings is 1. The van der Waals surface area contributed by atoms with Crippen molar-refractivity contribution < 1.29 is 0 Å². The van der Waals surface area contributed by atoms with Gasteiger partial charge in [0.2, 0.25) is 0 Å². The molecule has 0 bridgehead atoms. The molecule has 20 heavy (non-hydrogen) atoms. The van der Waals surface area contributed by atoms with Crippen LogP contribution in [0.2, 0.25) is 5.02 Å². The van der Waals surface area contributed by atoms with Crippen molar-refractivity contribution in [2.24, 2.45) is 0 Å². The minimum Gasteiger partial charge on any atom is -0.310 e. The van der Waals surface area contributed by atoms with Gasteiger partial charge in [-0.1, -0.05) is 53.4 Å². The highest BCUT2D eigenvalue weighted by atomic mass is 79.9. The first kappa shape index (κ1) is 17.7. The zero-order valence-electron chi connectivity index (χ0n) is 12.3. The maximum atomic E-state index is 6.36. The molecule has 3 heteroatoms. The van der Waals surface area contributed by atoms with Crippen LogP contribution in [0.1, 0.15) is 57.1 Å². The quantitative estimate of drug-likeness (QED) is 0.383. The fourth-order valence-electron chi connectivity index (χ4n) is 2.28. The average molecular weight is 359 g/mol. The summed E-state index contributed by atoms with van der Waals surface area (Å²) in [6, 6.07) is 6.45. The number of rotatable bonds is 10. The summed E-state index contributed by atoms with van der Waals surface area (Å²) in [5, 5.41) is 4.47. The van der Waals surface area contributed by atoms with E-state index < -0.39 is 0 Å². The van der Waals surface area contributed by atoms with Crippen LogP contribution in [0.25, 0.3) is 0 Å². The molecule has 1 N–H and O–H groups in total. The Morgan fingerprint density at radius 1 is 1.35 bits per heavy atom. The van der Waals surface area contributed by atoms with Crippen LogP contribution in [0.5, 0.6) is 0 Å². The van der Waals surface area contributed by atoms with E-state index in [4.69, 9.17) is 11.6 Å². The summed E-state index contributed by atoms with van der Waals surface area (Å²) in [6.07, 6.45) is 9.09. The van der Waals surface area contributed by atoms with Crippen LogP contribution in [0.4, 0.5) is 0 Å². The molecule has 0 aliphatic rings. The second-order valence-corrected chi connectivity index (χ2v) is 6.42. The van der Waals surface area contributed by atoms with Crippen LogP contribution in [0.15, 0.2) is 35.3 Å². The van der Waals surface area contributed by atoms with Gasteiger partial charge in [0.25, 0.3) is 0 Å². The van der Waals surface area contributed by atoms with Gasteiger partial charge in [-0.2, -0.15) is 0 Å². The molecule has 0 heterocycles. The molecule has 0 aromatic heterocycles. The second-order valence-electron chi connectivity index (χ2n) is 5.10. The highest BCUT2D eigenvalue weighted by Crippen LogP contribution is 2.29. The lowest BCUT2D eigenvalue weighted by Gasteiger charge is -2.20. The van der Waals surface area contributed by atoms with Crippen LogP contribution < -0.4 is 5.32 Å². The van der Waals surface area contributed by atoms with E-state index in [9.17, 15) is 0 Å². The maximum absolute atomic E-state index is 6.36. The summed E-state index contributed by atoms with van der Waals surface area (Å²) in [5.41, 5.74) is 1.21. The summed E-state index contributed by atoms with van der Waals surface area (Å²) >= 11 is 9.90. The van der Waals surface area contributed by atoms with E-state index in [1.54, 1.807) is 0 Å². The van der Waals surface area contributed by atoms with Crippen LogP contribution in [-0.2, 0) is 0 Å². The molecule has 0 aliphatic carbocycles. The lowest BCUT2D eigenvalue weighted by Crippen LogP contribution is -2.22. The number of hydrogen-bond acceptors (Lipinski definition) is 1. The Morgan fingerprint density at radius 3 is 2.85 bits per heavy atom. The summed E-state index contributed by atoms with van der Waals surface area (Å²) in [5.74, 6) is 0. The monoisotopic (exact) mass is 357 g/mol. The summed E-state index contributed by atoms with van der Waals surface area (Å²) < 4.78 is 1.09. The van der Waals surface area contributed by atoms with Crippen molar-refractivity contribution in [3.8, 4) is 0 Å². The zero-order valence-corrected chi connectivity index (χ0v) is 14.6. The van der Waals surface area contributed by atoms with Gasteiger partial charge in [0.05, 0.1) is 0 Å².